The van der Waals surface area contributed by atoms with Crippen LogP contribution in [-0.2, 0) is 6.42 Å². The minimum Gasteiger partial charge on any atom is -0.508 e. The van der Waals surface area contributed by atoms with Crippen LogP contribution in [0.3, 0.4) is 0 Å². The molecule has 0 heterocycles. The number of aryl methyl sites for hydroxylation is 1. The van der Waals surface area contributed by atoms with Crippen molar-refractivity contribution in [2.45, 2.75) is 13.3 Å². The molecule has 0 amide bonds. The van der Waals surface area contributed by atoms with Crippen molar-refractivity contribution in [1.82, 2.24) is 0 Å². The van der Waals surface area contributed by atoms with E-state index in [4.69, 9.17) is 4.74 Å². The van der Waals surface area contributed by atoms with Gasteiger partial charge in [0, 0.05) is 0 Å². The zero-order valence-corrected chi connectivity index (χ0v) is 12.3. The van der Waals surface area contributed by atoms with Gasteiger partial charge in [0.15, 0.2) is 0 Å². The maximum atomic E-state index is 9.80. The number of hydrogen-bond acceptors (Lipinski definition) is 2. The smallest absolute Gasteiger partial charge is 0.119 e. The topological polar surface area (TPSA) is 29.5 Å². The number of rotatable bonds is 3. The molecule has 0 aliphatic carbocycles. The maximum absolute atomic E-state index is 9.80. The Hall–Kier alpha value is -2.48. The normalized spacial score (nSPS) is 10.8. The summed E-state index contributed by atoms with van der Waals surface area (Å²) in [5.74, 6) is 1.24. The minimum absolute atomic E-state index is 0.367. The molecule has 3 rings (SSSR count). The number of fused-ring (bicyclic) bond motifs is 1. The SMILES string of the molecule is CCc1cc(-c2ccc3cc(OC)ccc3c2)ccc1O. The summed E-state index contributed by atoms with van der Waals surface area (Å²) in [6, 6.07) is 18.2. The molecule has 2 heteroatoms. The highest BCUT2D eigenvalue weighted by atomic mass is 16.5. The molecule has 0 aliphatic heterocycles. The van der Waals surface area contributed by atoms with Crippen LogP contribution < -0.4 is 4.74 Å². The highest BCUT2D eigenvalue weighted by Gasteiger charge is 2.05. The first-order chi connectivity index (χ1) is 10.2. The summed E-state index contributed by atoms with van der Waals surface area (Å²) < 4.78 is 5.25. The van der Waals surface area contributed by atoms with E-state index in [0.29, 0.717) is 5.75 Å². The zero-order chi connectivity index (χ0) is 14.8. The van der Waals surface area contributed by atoms with Crippen molar-refractivity contribution in [2.75, 3.05) is 7.11 Å². The highest BCUT2D eigenvalue weighted by molar-refractivity contribution is 5.88. The van der Waals surface area contributed by atoms with Crippen LogP contribution in [0.4, 0.5) is 0 Å². The molecular weight excluding hydrogens is 260 g/mol. The van der Waals surface area contributed by atoms with Gasteiger partial charge in [0.2, 0.25) is 0 Å². The molecule has 0 aliphatic rings. The van der Waals surface area contributed by atoms with Crippen molar-refractivity contribution < 1.29 is 9.84 Å². The lowest BCUT2D eigenvalue weighted by molar-refractivity contribution is 0.415. The molecule has 0 atom stereocenters. The number of hydrogen-bond donors (Lipinski definition) is 1. The van der Waals surface area contributed by atoms with Gasteiger partial charge in [0.25, 0.3) is 0 Å². The third-order valence-corrected chi connectivity index (χ3v) is 3.84. The van der Waals surface area contributed by atoms with Crippen molar-refractivity contribution in [3.05, 3.63) is 60.2 Å². The van der Waals surface area contributed by atoms with E-state index in [2.05, 4.69) is 30.3 Å². The number of ether oxygens (including phenoxy) is 1. The van der Waals surface area contributed by atoms with Crippen LogP contribution in [0.15, 0.2) is 54.6 Å². The Kier molecular flexibility index (Phi) is 3.53. The van der Waals surface area contributed by atoms with E-state index in [1.807, 2.05) is 25.1 Å². The number of benzene rings is 3. The van der Waals surface area contributed by atoms with Crippen molar-refractivity contribution in [1.29, 1.82) is 0 Å². The van der Waals surface area contributed by atoms with Crippen molar-refractivity contribution in [3.8, 4) is 22.6 Å². The summed E-state index contributed by atoms with van der Waals surface area (Å²) in [5, 5.41) is 12.1. The zero-order valence-electron chi connectivity index (χ0n) is 12.3. The quantitative estimate of drug-likeness (QED) is 0.747. The Bertz CT molecular complexity index is 791. The van der Waals surface area contributed by atoms with Crippen molar-refractivity contribution >= 4 is 10.8 Å². The van der Waals surface area contributed by atoms with Gasteiger partial charge in [-0.3, -0.25) is 0 Å². The fraction of sp³-hybridized carbons (Fsp3) is 0.158. The van der Waals surface area contributed by atoms with Gasteiger partial charge in [0.1, 0.15) is 11.5 Å². The van der Waals surface area contributed by atoms with Crippen LogP contribution in [0.5, 0.6) is 11.5 Å². The first-order valence-electron chi connectivity index (χ1n) is 7.11. The molecule has 106 valence electrons. The fourth-order valence-electron chi connectivity index (χ4n) is 2.58. The van der Waals surface area contributed by atoms with Crippen LogP contribution in [0.2, 0.25) is 0 Å². The lowest BCUT2D eigenvalue weighted by atomic mass is 9.98. The Labute approximate surface area is 124 Å². The highest BCUT2D eigenvalue weighted by Crippen LogP contribution is 2.30. The predicted molar refractivity (Wildman–Crippen MR) is 87.0 cm³/mol. The molecule has 2 nitrogen and oxygen atoms in total. The Morgan fingerprint density at radius 2 is 1.52 bits per heavy atom. The molecule has 1 N–H and O–H groups in total. The van der Waals surface area contributed by atoms with Crippen molar-refractivity contribution in [3.63, 3.8) is 0 Å². The summed E-state index contributed by atoms with van der Waals surface area (Å²) in [6.07, 6.45) is 0.824. The standard InChI is InChI=1S/C19H18O2/c1-3-13-10-16(7-9-19(13)20)14-4-5-17-12-18(21-2)8-6-15(17)11-14/h4-12,20H,3H2,1-2H3. The first kappa shape index (κ1) is 13.5. The van der Waals surface area contributed by atoms with E-state index in [1.165, 1.54) is 5.39 Å². The largest absolute Gasteiger partial charge is 0.508 e. The lowest BCUT2D eigenvalue weighted by Gasteiger charge is -2.08. The van der Waals surface area contributed by atoms with Crippen LogP contribution in [0.25, 0.3) is 21.9 Å². The molecule has 0 unspecified atom stereocenters. The number of aromatic hydroxyl groups is 1. The van der Waals surface area contributed by atoms with E-state index in [9.17, 15) is 5.11 Å². The maximum Gasteiger partial charge on any atom is 0.119 e. The number of phenols is 1. The Morgan fingerprint density at radius 1 is 0.857 bits per heavy atom. The minimum atomic E-state index is 0.367. The fourth-order valence-corrected chi connectivity index (χ4v) is 2.58. The van der Waals surface area contributed by atoms with Crippen LogP contribution in [0, 0.1) is 0 Å². The monoisotopic (exact) mass is 278 g/mol. The molecule has 0 saturated carbocycles. The molecule has 0 radical (unpaired) electrons. The van der Waals surface area contributed by atoms with Gasteiger partial charge in [0.05, 0.1) is 7.11 Å². The summed E-state index contributed by atoms with van der Waals surface area (Å²) >= 11 is 0. The predicted octanol–water partition coefficient (Wildman–Crippen LogP) is 4.78. The van der Waals surface area contributed by atoms with Crippen molar-refractivity contribution in [2.24, 2.45) is 0 Å². The van der Waals surface area contributed by atoms with Crippen LogP contribution in [0.1, 0.15) is 12.5 Å². The second-order valence-corrected chi connectivity index (χ2v) is 5.12. The van der Waals surface area contributed by atoms with Gasteiger partial charge in [-0.25, -0.2) is 0 Å². The number of methoxy groups -OCH3 is 1. The molecule has 0 bridgehead atoms. The molecular formula is C19H18O2. The molecule has 0 spiro atoms. The Balaban J connectivity index is 2.08. The molecule has 0 fully saturated rings. The van der Waals surface area contributed by atoms with Crippen LogP contribution >= 0.6 is 0 Å². The van der Waals surface area contributed by atoms with Crippen LogP contribution in [-0.4, -0.2) is 12.2 Å². The average Bonchev–Trinajstić information content (AvgIpc) is 2.54. The van der Waals surface area contributed by atoms with E-state index < -0.39 is 0 Å². The third-order valence-electron chi connectivity index (χ3n) is 3.84. The van der Waals surface area contributed by atoms with E-state index in [1.54, 1.807) is 13.2 Å². The van der Waals surface area contributed by atoms with Gasteiger partial charge >= 0.3 is 0 Å². The summed E-state index contributed by atoms with van der Waals surface area (Å²) in [7, 11) is 1.68. The van der Waals surface area contributed by atoms with E-state index in [0.717, 1.165) is 34.2 Å². The molecule has 0 aromatic heterocycles. The molecule has 3 aromatic rings. The molecule has 0 saturated heterocycles. The number of phenolic OH excluding ortho intramolecular Hbond substituents is 1. The lowest BCUT2D eigenvalue weighted by Crippen LogP contribution is -1.86. The summed E-state index contributed by atoms with van der Waals surface area (Å²) in [4.78, 5) is 0. The van der Waals surface area contributed by atoms with E-state index >= 15 is 0 Å². The van der Waals surface area contributed by atoms with Gasteiger partial charge in [-0.15, -0.1) is 0 Å². The average molecular weight is 278 g/mol. The van der Waals surface area contributed by atoms with Gasteiger partial charge in [-0.1, -0.05) is 31.2 Å². The molecule has 3 aromatic carbocycles. The van der Waals surface area contributed by atoms with Gasteiger partial charge in [-0.05, 0) is 64.2 Å². The Morgan fingerprint density at radius 3 is 2.29 bits per heavy atom. The summed E-state index contributed by atoms with van der Waals surface area (Å²) in [6.45, 7) is 2.05. The second-order valence-electron chi connectivity index (χ2n) is 5.12. The summed E-state index contributed by atoms with van der Waals surface area (Å²) in [5.41, 5.74) is 3.26. The third kappa shape index (κ3) is 2.57. The van der Waals surface area contributed by atoms with Gasteiger partial charge in [-0.2, -0.15) is 0 Å². The molecule has 21 heavy (non-hydrogen) atoms. The first-order valence-corrected chi connectivity index (χ1v) is 7.11. The van der Waals surface area contributed by atoms with Gasteiger partial charge < -0.3 is 9.84 Å². The van der Waals surface area contributed by atoms with E-state index in [-0.39, 0.29) is 0 Å². The second kappa shape index (κ2) is 5.49.